The second kappa shape index (κ2) is 7.52. The first-order chi connectivity index (χ1) is 8.99. The second-order valence-electron chi connectivity index (χ2n) is 3.97. The predicted molar refractivity (Wildman–Crippen MR) is 69.1 cm³/mol. The van der Waals surface area contributed by atoms with Crippen LogP contribution in [0.5, 0.6) is 0 Å². The summed E-state index contributed by atoms with van der Waals surface area (Å²) in [4.78, 5) is 33.9. The fourth-order valence-corrected chi connectivity index (χ4v) is 2.19. The third-order valence-electron chi connectivity index (χ3n) is 2.46. The zero-order valence-electron chi connectivity index (χ0n) is 10.2. The van der Waals surface area contributed by atoms with Crippen LogP contribution in [0.4, 0.5) is 0 Å². The Balaban J connectivity index is 2.38. The summed E-state index contributed by atoms with van der Waals surface area (Å²) in [6.45, 7) is 0. The van der Waals surface area contributed by atoms with Gasteiger partial charge in [-0.15, -0.1) is 11.3 Å². The van der Waals surface area contributed by atoms with Crippen LogP contribution in [0.15, 0.2) is 17.5 Å². The largest absolute Gasteiger partial charge is 0.481 e. The number of carbonyl (C=O) groups is 3. The minimum absolute atomic E-state index is 0.116. The normalized spacial score (nSPS) is 11.8. The molecule has 0 saturated heterocycles. The molecule has 0 saturated carbocycles. The summed E-state index contributed by atoms with van der Waals surface area (Å²) in [5, 5.41) is 21.6. The maximum atomic E-state index is 11.6. The second-order valence-corrected chi connectivity index (χ2v) is 5.00. The Hall–Kier alpha value is -1.89. The molecule has 1 aromatic heterocycles. The summed E-state index contributed by atoms with van der Waals surface area (Å²) in [6.07, 6.45) is 0.337. The SMILES string of the molecule is O=C(O)CCC(NC(=O)CCc1cccs1)C(=O)O. The lowest BCUT2D eigenvalue weighted by Gasteiger charge is -2.13. The highest BCUT2D eigenvalue weighted by molar-refractivity contribution is 7.09. The lowest BCUT2D eigenvalue weighted by molar-refractivity contribution is -0.143. The molecule has 6 nitrogen and oxygen atoms in total. The van der Waals surface area contributed by atoms with Crippen LogP contribution >= 0.6 is 11.3 Å². The van der Waals surface area contributed by atoms with Gasteiger partial charge in [0.25, 0.3) is 0 Å². The van der Waals surface area contributed by atoms with Crippen molar-refractivity contribution < 1.29 is 24.6 Å². The molecule has 1 rings (SSSR count). The first-order valence-electron chi connectivity index (χ1n) is 5.75. The van der Waals surface area contributed by atoms with Gasteiger partial charge in [-0.25, -0.2) is 4.79 Å². The predicted octanol–water partition coefficient (Wildman–Crippen LogP) is 1.11. The summed E-state index contributed by atoms with van der Waals surface area (Å²) >= 11 is 1.53. The number of rotatable bonds is 8. The summed E-state index contributed by atoms with van der Waals surface area (Å²) in [5.74, 6) is -2.68. The summed E-state index contributed by atoms with van der Waals surface area (Å²) < 4.78 is 0. The van der Waals surface area contributed by atoms with Crippen molar-refractivity contribution in [1.29, 1.82) is 0 Å². The van der Waals surface area contributed by atoms with E-state index in [4.69, 9.17) is 10.2 Å². The fraction of sp³-hybridized carbons (Fsp3) is 0.417. The Morgan fingerprint density at radius 1 is 1.26 bits per heavy atom. The molecule has 19 heavy (non-hydrogen) atoms. The van der Waals surface area contributed by atoms with Gasteiger partial charge in [-0.3, -0.25) is 9.59 Å². The topological polar surface area (TPSA) is 104 Å². The number of carboxylic acid groups (broad SMARTS) is 2. The average molecular weight is 285 g/mol. The van der Waals surface area contributed by atoms with Gasteiger partial charge in [-0.1, -0.05) is 6.07 Å². The van der Waals surface area contributed by atoms with E-state index in [0.717, 1.165) is 4.88 Å². The molecule has 0 aliphatic heterocycles. The number of carbonyl (C=O) groups excluding carboxylic acids is 1. The molecule has 1 heterocycles. The van der Waals surface area contributed by atoms with Gasteiger partial charge in [-0.05, 0) is 24.3 Å². The first-order valence-corrected chi connectivity index (χ1v) is 6.63. The lowest BCUT2D eigenvalue weighted by atomic mass is 10.1. The standard InChI is InChI=1S/C12H15NO5S/c14-10(5-3-8-2-1-7-19-8)13-9(12(17)18)4-6-11(15)16/h1-2,7,9H,3-6H2,(H,13,14)(H,15,16)(H,17,18). The molecular weight excluding hydrogens is 270 g/mol. The Labute approximate surface area is 114 Å². The molecule has 3 N–H and O–H groups in total. The van der Waals surface area contributed by atoms with Crippen LogP contribution in [0.25, 0.3) is 0 Å². The van der Waals surface area contributed by atoms with Crippen LogP contribution in [0.1, 0.15) is 24.1 Å². The molecule has 0 aliphatic rings. The number of amides is 1. The van der Waals surface area contributed by atoms with Gasteiger partial charge in [0.15, 0.2) is 0 Å². The Bertz CT molecular complexity index is 443. The third-order valence-corrected chi connectivity index (χ3v) is 3.39. The minimum atomic E-state index is -1.22. The van der Waals surface area contributed by atoms with Gasteiger partial charge in [-0.2, -0.15) is 0 Å². The molecule has 0 bridgehead atoms. The summed E-state index contributed by atoms with van der Waals surface area (Å²) in [6, 6.07) is 2.63. The van der Waals surface area contributed by atoms with Crippen LogP contribution in [0.3, 0.4) is 0 Å². The van der Waals surface area contributed by atoms with Crippen LogP contribution in [0.2, 0.25) is 0 Å². The molecule has 0 aromatic carbocycles. The molecule has 0 radical (unpaired) electrons. The fourth-order valence-electron chi connectivity index (χ4n) is 1.48. The van der Waals surface area contributed by atoms with E-state index in [2.05, 4.69) is 5.32 Å². The van der Waals surface area contributed by atoms with Crippen molar-refractivity contribution in [2.45, 2.75) is 31.7 Å². The molecule has 1 unspecified atom stereocenters. The van der Waals surface area contributed by atoms with Gasteiger partial charge in [0.1, 0.15) is 6.04 Å². The number of hydrogen-bond acceptors (Lipinski definition) is 4. The van der Waals surface area contributed by atoms with Gasteiger partial charge in [0.2, 0.25) is 5.91 Å². The number of hydrogen-bond donors (Lipinski definition) is 3. The Kier molecular flexibility index (Phi) is 6.01. The number of carboxylic acids is 2. The number of thiophene rings is 1. The van der Waals surface area contributed by atoms with Crippen molar-refractivity contribution in [2.24, 2.45) is 0 Å². The van der Waals surface area contributed by atoms with Crippen molar-refractivity contribution in [3.05, 3.63) is 22.4 Å². The van der Waals surface area contributed by atoms with E-state index in [1.807, 2.05) is 17.5 Å². The van der Waals surface area contributed by atoms with E-state index in [0.29, 0.717) is 6.42 Å². The van der Waals surface area contributed by atoms with Gasteiger partial charge >= 0.3 is 11.9 Å². The van der Waals surface area contributed by atoms with Crippen molar-refractivity contribution >= 4 is 29.2 Å². The zero-order chi connectivity index (χ0) is 14.3. The van der Waals surface area contributed by atoms with Gasteiger partial charge in [0.05, 0.1) is 0 Å². The van der Waals surface area contributed by atoms with Crippen LogP contribution in [0, 0.1) is 0 Å². The smallest absolute Gasteiger partial charge is 0.326 e. The monoisotopic (exact) mass is 285 g/mol. The van der Waals surface area contributed by atoms with E-state index in [9.17, 15) is 14.4 Å². The molecular formula is C12H15NO5S. The maximum Gasteiger partial charge on any atom is 0.326 e. The third kappa shape index (κ3) is 6.01. The first kappa shape index (κ1) is 15.2. The maximum absolute atomic E-state index is 11.6. The Morgan fingerprint density at radius 2 is 2.00 bits per heavy atom. The molecule has 104 valence electrons. The summed E-state index contributed by atoms with van der Waals surface area (Å²) in [7, 11) is 0. The lowest BCUT2D eigenvalue weighted by Crippen LogP contribution is -2.41. The van der Waals surface area contributed by atoms with E-state index >= 15 is 0 Å². The summed E-state index contributed by atoms with van der Waals surface area (Å²) in [5.41, 5.74) is 0. The molecule has 1 atom stereocenters. The zero-order valence-corrected chi connectivity index (χ0v) is 11.0. The molecule has 7 heteroatoms. The van der Waals surface area contributed by atoms with E-state index in [-0.39, 0.29) is 25.2 Å². The molecule has 0 spiro atoms. The van der Waals surface area contributed by atoms with Gasteiger partial charge in [0, 0.05) is 17.7 Å². The van der Waals surface area contributed by atoms with E-state index in [1.54, 1.807) is 0 Å². The number of nitrogens with one attached hydrogen (secondary N) is 1. The van der Waals surface area contributed by atoms with E-state index in [1.165, 1.54) is 11.3 Å². The highest BCUT2D eigenvalue weighted by Crippen LogP contribution is 2.10. The highest BCUT2D eigenvalue weighted by atomic mass is 32.1. The van der Waals surface area contributed by atoms with Crippen LogP contribution in [-0.4, -0.2) is 34.1 Å². The van der Waals surface area contributed by atoms with E-state index < -0.39 is 18.0 Å². The highest BCUT2D eigenvalue weighted by Gasteiger charge is 2.20. The van der Waals surface area contributed by atoms with Crippen LogP contribution in [-0.2, 0) is 20.8 Å². The number of aryl methyl sites for hydroxylation is 1. The number of aliphatic carboxylic acids is 2. The quantitative estimate of drug-likeness (QED) is 0.664. The minimum Gasteiger partial charge on any atom is -0.481 e. The van der Waals surface area contributed by atoms with Crippen molar-refractivity contribution in [2.75, 3.05) is 0 Å². The molecule has 1 aromatic rings. The van der Waals surface area contributed by atoms with Crippen molar-refractivity contribution in [3.63, 3.8) is 0 Å². The molecule has 0 fully saturated rings. The van der Waals surface area contributed by atoms with Crippen molar-refractivity contribution in [1.82, 2.24) is 5.32 Å². The Morgan fingerprint density at radius 3 is 2.53 bits per heavy atom. The van der Waals surface area contributed by atoms with Gasteiger partial charge < -0.3 is 15.5 Å². The molecule has 0 aliphatic carbocycles. The van der Waals surface area contributed by atoms with Crippen LogP contribution < -0.4 is 5.32 Å². The molecule has 1 amide bonds. The van der Waals surface area contributed by atoms with Crippen molar-refractivity contribution in [3.8, 4) is 0 Å². The average Bonchev–Trinajstić information content (AvgIpc) is 2.84.